The Labute approximate surface area is 178 Å². The molecule has 0 atom stereocenters. The van der Waals surface area contributed by atoms with Gasteiger partial charge in [-0.1, -0.05) is 12.1 Å². The average Bonchev–Trinajstić information content (AvgIpc) is 2.79. The number of halogens is 1. The third-order valence-corrected chi connectivity index (χ3v) is 4.17. The standard InChI is InChI=1S/C24H17FN2O4/c1-30-21-11-5-17(6-12-21)24(29)31-22-4-2-3-16(14-22)13-18(15-26)23(28)27-20-9-7-19(25)8-10-20/h2-14H,1H3,(H,27,28). The lowest BCUT2D eigenvalue weighted by atomic mass is 10.1. The van der Waals surface area contributed by atoms with E-state index < -0.39 is 17.7 Å². The summed E-state index contributed by atoms with van der Waals surface area (Å²) < 4.78 is 23.4. The average molecular weight is 416 g/mol. The van der Waals surface area contributed by atoms with E-state index in [0.29, 0.717) is 22.6 Å². The van der Waals surface area contributed by atoms with Crippen molar-refractivity contribution in [1.29, 1.82) is 5.26 Å². The topological polar surface area (TPSA) is 88.4 Å². The molecule has 3 aromatic carbocycles. The fourth-order valence-electron chi connectivity index (χ4n) is 2.61. The molecule has 1 N–H and O–H groups in total. The Morgan fingerprint density at radius 2 is 1.71 bits per heavy atom. The first-order valence-electron chi connectivity index (χ1n) is 9.13. The number of nitriles is 1. The second-order valence-electron chi connectivity index (χ2n) is 6.32. The monoisotopic (exact) mass is 416 g/mol. The van der Waals surface area contributed by atoms with Crippen LogP contribution in [-0.2, 0) is 4.79 Å². The number of methoxy groups -OCH3 is 1. The summed E-state index contributed by atoms with van der Waals surface area (Å²) >= 11 is 0. The van der Waals surface area contributed by atoms with E-state index in [9.17, 15) is 19.2 Å². The number of esters is 1. The van der Waals surface area contributed by atoms with Crippen molar-refractivity contribution in [3.05, 3.63) is 95.3 Å². The van der Waals surface area contributed by atoms with Crippen LogP contribution in [0.15, 0.2) is 78.4 Å². The molecule has 0 heterocycles. The van der Waals surface area contributed by atoms with E-state index in [1.807, 2.05) is 6.07 Å². The highest BCUT2D eigenvalue weighted by Crippen LogP contribution is 2.19. The number of hydrogen-bond donors (Lipinski definition) is 1. The Bertz CT molecular complexity index is 1160. The van der Waals surface area contributed by atoms with Crippen molar-refractivity contribution in [2.24, 2.45) is 0 Å². The first-order valence-corrected chi connectivity index (χ1v) is 9.13. The maximum atomic E-state index is 13.0. The summed E-state index contributed by atoms with van der Waals surface area (Å²) in [6.45, 7) is 0. The van der Waals surface area contributed by atoms with Crippen molar-refractivity contribution in [3.63, 3.8) is 0 Å². The number of nitrogens with zero attached hydrogens (tertiary/aromatic N) is 1. The van der Waals surface area contributed by atoms with Crippen LogP contribution < -0.4 is 14.8 Å². The number of benzene rings is 3. The molecule has 0 aliphatic rings. The van der Waals surface area contributed by atoms with Gasteiger partial charge in [0.2, 0.25) is 0 Å². The van der Waals surface area contributed by atoms with E-state index in [1.54, 1.807) is 42.5 Å². The second-order valence-corrected chi connectivity index (χ2v) is 6.32. The Kier molecular flexibility index (Phi) is 6.76. The number of anilines is 1. The van der Waals surface area contributed by atoms with Gasteiger partial charge in [0.1, 0.15) is 29.0 Å². The first-order chi connectivity index (χ1) is 15.0. The summed E-state index contributed by atoms with van der Waals surface area (Å²) in [6.07, 6.45) is 1.36. The van der Waals surface area contributed by atoms with Crippen LogP contribution in [-0.4, -0.2) is 19.0 Å². The predicted molar refractivity (Wildman–Crippen MR) is 113 cm³/mol. The van der Waals surface area contributed by atoms with Gasteiger partial charge < -0.3 is 14.8 Å². The van der Waals surface area contributed by atoms with Crippen LogP contribution in [0.4, 0.5) is 10.1 Å². The molecule has 0 bridgehead atoms. The van der Waals surface area contributed by atoms with Gasteiger partial charge in [0, 0.05) is 5.69 Å². The molecule has 31 heavy (non-hydrogen) atoms. The van der Waals surface area contributed by atoms with E-state index in [4.69, 9.17) is 9.47 Å². The molecule has 0 fully saturated rings. The fraction of sp³-hybridized carbons (Fsp3) is 0.0417. The molecule has 0 aromatic heterocycles. The molecule has 0 radical (unpaired) electrons. The van der Waals surface area contributed by atoms with Crippen molar-refractivity contribution < 1.29 is 23.5 Å². The van der Waals surface area contributed by atoms with Crippen molar-refractivity contribution >= 4 is 23.6 Å². The van der Waals surface area contributed by atoms with Crippen LogP contribution >= 0.6 is 0 Å². The number of carbonyl (C=O) groups is 2. The highest BCUT2D eigenvalue weighted by Gasteiger charge is 2.12. The third-order valence-electron chi connectivity index (χ3n) is 4.17. The SMILES string of the molecule is COc1ccc(C(=O)Oc2cccc(C=C(C#N)C(=O)Nc3ccc(F)cc3)c2)cc1. The van der Waals surface area contributed by atoms with Gasteiger partial charge >= 0.3 is 5.97 Å². The van der Waals surface area contributed by atoms with Gasteiger partial charge in [0.25, 0.3) is 5.91 Å². The molecule has 0 aliphatic carbocycles. The number of ether oxygens (including phenoxy) is 2. The van der Waals surface area contributed by atoms with Crippen LogP contribution in [0, 0.1) is 17.1 Å². The zero-order valence-electron chi connectivity index (χ0n) is 16.5. The number of amides is 1. The van der Waals surface area contributed by atoms with Crippen LogP contribution in [0.2, 0.25) is 0 Å². The van der Waals surface area contributed by atoms with Gasteiger partial charge in [-0.25, -0.2) is 9.18 Å². The molecular weight excluding hydrogens is 399 g/mol. The second kappa shape index (κ2) is 9.85. The van der Waals surface area contributed by atoms with Crippen LogP contribution in [0.25, 0.3) is 6.08 Å². The zero-order chi connectivity index (χ0) is 22.2. The lowest BCUT2D eigenvalue weighted by molar-refractivity contribution is -0.112. The minimum absolute atomic E-state index is 0.164. The Hall–Kier alpha value is -4.44. The van der Waals surface area contributed by atoms with Crippen LogP contribution in [0.1, 0.15) is 15.9 Å². The number of nitrogens with one attached hydrogen (secondary N) is 1. The molecular formula is C24H17FN2O4. The van der Waals surface area contributed by atoms with Crippen molar-refractivity contribution in [1.82, 2.24) is 0 Å². The third kappa shape index (κ3) is 5.78. The molecule has 154 valence electrons. The Balaban J connectivity index is 1.73. The molecule has 1 amide bonds. The highest BCUT2D eigenvalue weighted by molar-refractivity contribution is 6.09. The quantitative estimate of drug-likeness (QED) is 0.275. The van der Waals surface area contributed by atoms with Gasteiger partial charge in [0.05, 0.1) is 12.7 Å². The van der Waals surface area contributed by atoms with Gasteiger partial charge in [-0.2, -0.15) is 5.26 Å². The minimum Gasteiger partial charge on any atom is -0.497 e. The van der Waals surface area contributed by atoms with Crippen molar-refractivity contribution in [2.45, 2.75) is 0 Å². The lowest BCUT2D eigenvalue weighted by Crippen LogP contribution is -2.13. The van der Waals surface area contributed by atoms with Gasteiger partial charge in [0.15, 0.2) is 0 Å². The summed E-state index contributed by atoms with van der Waals surface area (Å²) in [5.41, 5.74) is 1.03. The first kappa shape index (κ1) is 21.3. The molecule has 3 rings (SSSR count). The molecule has 0 saturated heterocycles. The number of hydrogen-bond acceptors (Lipinski definition) is 5. The summed E-state index contributed by atoms with van der Waals surface area (Å²) in [5.74, 6) is -0.763. The molecule has 0 aliphatic heterocycles. The van der Waals surface area contributed by atoms with Crippen LogP contribution in [0.5, 0.6) is 11.5 Å². The van der Waals surface area contributed by atoms with E-state index in [0.717, 1.165) is 0 Å². The fourth-order valence-corrected chi connectivity index (χ4v) is 2.61. The summed E-state index contributed by atoms with van der Waals surface area (Å²) in [5, 5.41) is 11.9. The zero-order valence-corrected chi connectivity index (χ0v) is 16.5. The summed E-state index contributed by atoms with van der Waals surface area (Å²) in [4.78, 5) is 24.7. The molecule has 0 unspecified atom stereocenters. The van der Waals surface area contributed by atoms with Gasteiger partial charge in [-0.05, 0) is 72.3 Å². The van der Waals surface area contributed by atoms with E-state index in [-0.39, 0.29) is 11.3 Å². The summed E-state index contributed by atoms with van der Waals surface area (Å²) in [7, 11) is 1.53. The maximum Gasteiger partial charge on any atom is 0.343 e. The van der Waals surface area contributed by atoms with Crippen molar-refractivity contribution in [3.8, 4) is 17.6 Å². The van der Waals surface area contributed by atoms with E-state index in [1.165, 1.54) is 43.5 Å². The predicted octanol–water partition coefficient (Wildman–Crippen LogP) is 4.60. The number of carbonyl (C=O) groups excluding carboxylic acids is 2. The summed E-state index contributed by atoms with van der Waals surface area (Å²) in [6, 6.07) is 19.9. The number of rotatable bonds is 6. The largest absolute Gasteiger partial charge is 0.497 e. The van der Waals surface area contributed by atoms with E-state index in [2.05, 4.69) is 5.32 Å². The highest BCUT2D eigenvalue weighted by atomic mass is 19.1. The molecule has 7 heteroatoms. The lowest BCUT2D eigenvalue weighted by Gasteiger charge is -2.07. The van der Waals surface area contributed by atoms with Crippen molar-refractivity contribution in [2.75, 3.05) is 12.4 Å². The van der Waals surface area contributed by atoms with E-state index >= 15 is 0 Å². The molecule has 0 saturated carbocycles. The van der Waals surface area contributed by atoms with Crippen LogP contribution in [0.3, 0.4) is 0 Å². The Morgan fingerprint density at radius 3 is 2.35 bits per heavy atom. The normalized spacial score (nSPS) is 10.7. The Morgan fingerprint density at radius 1 is 1.00 bits per heavy atom. The molecule has 0 spiro atoms. The molecule has 3 aromatic rings. The van der Waals surface area contributed by atoms with Gasteiger partial charge in [-0.15, -0.1) is 0 Å². The smallest absolute Gasteiger partial charge is 0.343 e. The minimum atomic E-state index is -0.644. The maximum absolute atomic E-state index is 13.0. The molecule has 6 nitrogen and oxygen atoms in total. The van der Waals surface area contributed by atoms with Gasteiger partial charge in [-0.3, -0.25) is 4.79 Å².